The van der Waals surface area contributed by atoms with Gasteiger partial charge in [-0.2, -0.15) is 5.10 Å². The third-order valence-electron chi connectivity index (χ3n) is 5.67. The predicted octanol–water partition coefficient (Wildman–Crippen LogP) is 4.04. The minimum Gasteiger partial charge on any atom is -0.507 e. The monoisotopic (exact) mass is 373 g/mol. The number of phenols is 1. The van der Waals surface area contributed by atoms with Crippen molar-refractivity contribution < 1.29 is 5.11 Å². The van der Waals surface area contributed by atoms with Gasteiger partial charge in [-0.05, 0) is 49.6 Å². The van der Waals surface area contributed by atoms with Crippen LogP contribution in [0.2, 0.25) is 0 Å². The Balaban J connectivity index is 1.58. The Labute approximate surface area is 163 Å². The second-order valence-electron chi connectivity index (χ2n) is 7.88. The fourth-order valence-corrected chi connectivity index (χ4v) is 4.11. The first kappa shape index (κ1) is 17.0. The van der Waals surface area contributed by atoms with Crippen molar-refractivity contribution in [3.05, 3.63) is 42.1 Å². The van der Waals surface area contributed by atoms with Gasteiger partial charge in [0, 0.05) is 42.8 Å². The number of anilines is 1. The van der Waals surface area contributed by atoms with Crippen molar-refractivity contribution in [3.63, 3.8) is 0 Å². The number of hydrogen-bond acceptors (Lipinski definition) is 5. The normalized spacial score (nSPS) is 17.1. The molecular formula is C22H23N5O. The van der Waals surface area contributed by atoms with Crippen LogP contribution in [0.15, 0.2) is 36.5 Å². The van der Waals surface area contributed by atoms with Gasteiger partial charge in [-0.1, -0.05) is 6.92 Å². The smallest absolute Gasteiger partial charge is 0.130 e. The van der Waals surface area contributed by atoms with Crippen LogP contribution in [0.1, 0.15) is 18.9 Å². The molecule has 6 nitrogen and oxygen atoms in total. The number of pyridine rings is 2. The molecule has 3 aromatic heterocycles. The molecule has 0 unspecified atom stereocenters. The van der Waals surface area contributed by atoms with Gasteiger partial charge in [-0.3, -0.25) is 4.68 Å². The molecule has 1 aliphatic heterocycles. The summed E-state index contributed by atoms with van der Waals surface area (Å²) in [5, 5.41) is 16.2. The van der Waals surface area contributed by atoms with E-state index in [4.69, 9.17) is 9.97 Å². The number of hydrogen-bond donors (Lipinski definition) is 1. The number of benzene rings is 1. The van der Waals surface area contributed by atoms with Crippen molar-refractivity contribution >= 4 is 27.8 Å². The van der Waals surface area contributed by atoms with Crippen LogP contribution in [0.4, 0.5) is 5.82 Å². The van der Waals surface area contributed by atoms with Crippen LogP contribution in [-0.2, 0) is 7.05 Å². The second kappa shape index (κ2) is 6.19. The molecule has 0 spiro atoms. The zero-order chi connectivity index (χ0) is 19.4. The summed E-state index contributed by atoms with van der Waals surface area (Å²) in [5.41, 5.74) is 4.75. The van der Waals surface area contributed by atoms with Gasteiger partial charge in [-0.15, -0.1) is 0 Å². The molecule has 0 aliphatic carbocycles. The lowest BCUT2D eigenvalue weighted by Gasteiger charge is -2.17. The van der Waals surface area contributed by atoms with Crippen LogP contribution in [0.3, 0.4) is 0 Å². The largest absolute Gasteiger partial charge is 0.507 e. The van der Waals surface area contributed by atoms with E-state index in [0.717, 1.165) is 57.7 Å². The van der Waals surface area contributed by atoms with Gasteiger partial charge < -0.3 is 10.0 Å². The molecule has 0 bridgehead atoms. The lowest BCUT2D eigenvalue weighted by molar-refractivity contribution is 0.474. The van der Waals surface area contributed by atoms with E-state index in [1.54, 1.807) is 4.68 Å². The maximum absolute atomic E-state index is 10.7. The van der Waals surface area contributed by atoms with E-state index in [1.807, 2.05) is 50.5 Å². The average Bonchev–Trinajstić information content (AvgIpc) is 3.29. The maximum atomic E-state index is 10.7. The van der Waals surface area contributed by atoms with E-state index >= 15 is 0 Å². The van der Waals surface area contributed by atoms with Crippen molar-refractivity contribution in [1.29, 1.82) is 0 Å². The quantitative estimate of drug-likeness (QED) is 0.574. The van der Waals surface area contributed by atoms with Gasteiger partial charge in [0.25, 0.3) is 0 Å². The third-order valence-corrected chi connectivity index (χ3v) is 5.67. The molecule has 0 saturated carbocycles. The van der Waals surface area contributed by atoms with E-state index in [0.29, 0.717) is 5.92 Å². The Hall–Kier alpha value is -3.15. The summed E-state index contributed by atoms with van der Waals surface area (Å²) >= 11 is 0. The minimum absolute atomic E-state index is 0.230. The minimum atomic E-state index is 0.230. The van der Waals surface area contributed by atoms with E-state index in [2.05, 4.69) is 16.9 Å². The number of rotatable bonds is 2. The number of phenolic OH excluding ortho intramolecular Hbond substituents is 1. The Morgan fingerprint density at radius 1 is 1.11 bits per heavy atom. The van der Waals surface area contributed by atoms with Crippen molar-refractivity contribution in [1.82, 2.24) is 19.7 Å². The summed E-state index contributed by atoms with van der Waals surface area (Å²) in [6.07, 6.45) is 3.17. The van der Waals surface area contributed by atoms with Crippen LogP contribution in [0, 0.1) is 12.8 Å². The highest BCUT2D eigenvalue weighted by Gasteiger charge is 2.20. The molecule has 1 fully saturated rings. The van der Waals surface area contributed by atoms with Crippen LogP contribution in [0.5, 0.6) is 5.75 Å². The molecule has 1 aliphatic rings. The fraction of sp³-hybridized carbons (Fsp3) is 0.318. The molecule has 4 heterocycles. The molecule has 1 atom stereocenters. The van der Waals surface area contributed by atoms with Crippen LogP contribution in [-0.4, -0.2) is 37.9 Å². The summed E-state index contributed by atoms with van der Waals surface area (Å²) < 4.78 is 1.76. The highest BCUT2D eigenvalue weighted by Crippen LogP contribution is 2.36. The number of fused-ring (bicyclic) bond motifs is 2. The Kier molecular flexibility index (Phi) is 3.75. The molecule has 1 N–H and O–H groups in total. The fourth-order valence-electron chi connectivity index (χ4n) is 4.11. The molecule has 1 saturated heterocycles. The first-order valence-electron chi connectivity index (χ1n) is 9.68. The zero-order valence-corrected chi connectivity index (χ0v) is 16.3. The molecular weight excluding hydrogens is 350 g/mol. The van der Waals surface area contributed by atoms with Crippen LogP contribution in [0.25, 0.3) is 33.2 Å². The lowest BCUT2D eigenvalue weighted by atomic mass is 10.0. The van der Waals surface area contributed by atoms with Crippen molar-refractivity contribution in [2.75, 3.05) is 18.0 Å². The maximum Gasteiger partial charge on any atom is 0.130 e. The SMILES string of the molecule is Cc1c(O)c(-c2ccc3nc(N4CC[C@@H](C)C4)ccc3n2)cc2cn(C)nc12. The van der Waals surface area contributed by atoms with E-state index < -0.39 is 0 Å². The Morgan fingerprint density at radius 2 is 1.89 bits per heavy atom. The Bertz CT molecular complexity index is 1210. The van der Waals surface area contributed by atoms with Gasteiger partial charge in [0.1, 0.15) is 11.6 Å². The van der Waals surface area contributed by atoms with E-state index in [9.17, 15) is 5.11 Å². The first-order valence-corrected chi connectivity index (χ1v) is 9.68. The van der Waals surface area contributed by atoms with Gasteiger partial charge >= 0.3 is 0 Å². The molecule has 0 radical (unpaired) electrons. The summed E-state index contributed by atoms with van der Waals surface area (Å²) in [4.78, 5) is 11.9. The summed E-state index contributed by atoms with van der Waals surface area (Å²) in [6, 6.07) is 9.95. The van der Waals surface area contributed by atoms with Crippen molar-refractivity contribution in [2.24, 2.45) is 13.0 Å². The molecule has 28 heavy (non-hydrogen) atoms. The summed E-state index contributed by atoms with van der Waals surface area (Å²) in [5.74, 6) is 1.96. The third kappa shape index (κ3) is 2.68. The van der Waals surface area contributed by atoms with Crippen molar-refractivity contribution in [2.45, 2.75) is 20.3 Å². The van der Waals surface area contributed by atoms with E-state index in [-0.39, 0.29) is 5.75 Å². The zero-order valence-electron chi connectivity index (χ0n) is 16.3. The van der Waals surface area contributed by atoms with Gasteiger partial charge in [-0.25, -0.2) is 9.97 Å². The average molecular weight is 373 g/mol. The molecule has 142 valence electrons. The molecule has 5 rings (SSSR count). The van der Waals surface area contributed by atoms with Crippen LogP contribution < -0.4 is 4.90 Å². The van der Waals surface area contributed by atoms with Gasteiger partial charge in [0.2, 0.25) is 0 Å². The lowest BCUT2D eigenvalue weighted by Crippen LogP contribution is -2.20. The number of aromatic hydroxyl groups is 1. The highest BCUT2D eigenvalue weighted by atomic mass is 16.3. The second-order valence-corrected chi connectivity index (χ2v) is 7.88. The standard InChI is InChI=1S/C22H23N5O/c1-13-8-9-27(11-13)20-7-6-18-19(24-20)5-4-17(23-18)16-10-15-12-26(3)25-21(15)14(2)22(16)28/h4-7,10,12-13,28H,8-9,11H2,1-3H3/t13-/m1/s1. The van der Waals surface area contributed by atoms with E-state index in [1.165, 1.54) is 6.42 Å². The van der Waals surface area contributed by atoms with Crippen molar-refractivity contribution in [3.8, 4) is 17.0 Å². The molecule has 4 aromatic rings. The summed E-state index contributed by atoms with van der Waals surface area (Å²) in [7, 11) is 1.88. The number of aryl methyl sites for hydroxylation is 2. The first-order chi connectivity index (χ1) is 13.5. The number of nitrogens with zero attached hydrogens (tertiary/aromatic N) is 5. The van der Waals surface area contributed by atoms with Gasteiger partial charge in [0.05, 0.1) is 22.2 Å². The molecule has 0 amide bonds. The highest BCUT2D eigenvalue weighted by molar-refractivity contribution is 5.91. The van der Waals surface area contributed by atoms with Gasteiger partial charge in [0.15, 0.2) is 0 Å². The van der Waals surface area contributed by atoms with Crippen LogP contribution >= 0.6 is 0 Å². The Morgan fingerprint density at radius 3 is 2.68 bits per heavy atom. The molecule has 1 aromatic carbocycles. The topological polar surface area (TPSA) is 67.1 Å². The molecule has 6 heteroatoms. The predicted molar refractivity (Wildman–Crippen MR) is 112 cm³/mol. The summed E-state index contributed by atoms with van der Waals surface area (Å²) in [6.45, 7) is 6.29. The number of aromatic nitrogens is 4.